The highest BCUT2D eigenvalue weighted by atomic mass is 15.7. The molecule has 3 heterocycles. The van der Waals surface area contributed by atoms with E-state index in [4.69, 9.17) is 0 Å². The average Bonchev–Trinajstić information content (AvgIpc) is 2.91. The monoisotopic (exact) mass is 242 g/mol. The van der Waals surface area contributed by atoms with Crippen molar-refractivity contribution >= 4 is 0 Å². The fraction of sp³-hybridized carbons (Fsp3) is 0.429. The third-order valence-electron chi connectivity index (χ3n) is 3.07. The largest absolute Gasteiger partial charge is 0.344 e. The normalized spacial score (nSPS) is 21.2. The first-order valence-electron chi connectivity index (χ1n) is 6.59. The number of hydrogen-bond acceptors (Lipinski definition) is 4. The molecule has 0 unspecified atom stereocenters. The molecule has 4 nitrogen and oxygen atoms in total. The zero-order chi connectivity index (χ0) is 12.5. The second-order valence-electron chi connectivity index (χ2n) is 4.65. The Morgan fingerprint density at radius 3 is 1.67 bits per heavy atom. The van der Waals surface area contributed by atoms with Crippen LogP contribution in [0.4, 0.5) is 0 Å². The second kappa shape index (κ2) is 4.59. The Balaban J connectivity index is 1.74. The fourth-order valence-electron chi connectivity index (χ4n) is 2.27. The smallest absolute Gasteiger partial charge is 0.229 e. The van der Waals surface area contributed by atoms with Gasteiger partial charge in [0.05, 0.1) is 11.4 Å². The summed E-state index contributed by atoms with van der Waals surface area (Å²) < 4.78 is 0. The molecule has 0 saturated heterocycles. The fourth-order valence-corrected chi connectivity index (χ4v) is 2.27. The Bertz CT molecular complexity index is 372. The van der Waals surface area contributed by atoms with E-state index in [1.54, 1.807) is 0 Å². The lowest BCUT2D eigenvalue weighted by molar-refractivity contribution is 0.0888. The van der Waals surface area contributed by atoms with Gasteiger partial charge in [-0.05, 0) is 25.0 Å². The van der Waals surface area contributed by atoms with Gasteiger partial charge in [0.1, 0.15) is 0 Å². The Morgan fingerprint density at radius 2 is 1.28 bits per heavy atom. The van der Waals surface area contributed by atoms with Crippen LogP contribution in [0.2, 0.25) is 0 Å². The minimum atomic E-state index is 0.999. The molecule has 0 atom stereocenters. The minimum absolute atomic E-state index is 0.999. The summed E-state index contributed by atoms with van der Waals surface area (Å²) in [5.41, 5.74) is 2.29. The van der Waals surface area contributed by atoms with E-state index in [-0.39, 0.29) is 0 Å². The molecule has 0 aliphatic carbocycles. The molecule has 3 rings (SSSR count). The van der Waals surface area contributed by atoms with E-state index >= 15 is 0 Å². The van der Waals surface area contributed by atoms with E-state index in [9.17, 15) is 0 Å². The molecule has 0 aromatic carbocycles. The third kappa shape index (κ3) is 1.85. The van der Waals surface area contributed by atoms with Crippen LogP contribution in [-0.4, -0.2) is 32.9 Å². The molecule has 0 saturated carbocycles. The quantitative estimate of drug-likeness (QED) is 0.749. The SMILES string of the molecule is CCCN1[C]N2C(=C1)C=CC1=CN(CCC)[C]N12. The topological polar surface area (TPSA) is 13.0 Å². The summed E-state index contributed by atoms with van der Waals surface area (Å²) in [4.78, 5) is 4.21. The Labute approximate surface area is 109 Å². The summed E-state index contributed by atoms with van der Waals surface area (Å²) in [5.74, 6) is 0. The maximum absolute atomic E-state index is 3.35. The molecule has 0 bridgehead atoms. The summed E-state index contributed by atoms with van der Waals surface area (Å²) >= 11 is 0. The van der Waals surface area contributed by atoms with E-state index in [1.807, 2.05) is 10.0 Å². The molecule has 0 N–H and O–H groups in total. The average molecular weight is 242 g/mol. The van der Waals surface area contributed by atoms with Crippen LogP contribution in [0.15, 0.2) is 35.9 Å². The summed E-state index contributed by atoms with van der Waals surface area (Å²) in [7, 11) is 0. The number of allylic oxidation sites excluding steroid dienone is 2. The van der Waals surface area contributed by atoms with Gasteiger partial charge in [0.15, 0.2) is 0 Å². The molecule has 18 heavy (non-hydrogen) atoms. The summed E-state index contributed by atoms with van der Waals surface area (Å²) in [6.07, 6.45) is 10.7. The maximum Gasteiger partial charge on any atom is 0.229 e. The first kappa shape index (κ1) is 11.5. The van der Waals surface area contributed by atoms with Crippen LogP contribution in [0, 0.1) is 13.3 Å². The van der Waals surface area contributed by atoms with E-state index in [0.29, 0.717) is 0 Å². The molecule has 0 fully saturated rings. The molecule has 4 heteroatoms. The predicted octanol–water partition coefficient (Wildman–Crippen LogP) is 2.20. The first-order valence-corrected chi connectivity index (χ1v) is 6.59. The van der Waals surface area contributed by atoms with Gasteiger partial charge in [-0.2, -0.15) is 0 Å². The Hall–Kier alpha value is -1.58. The molecule has 4 radical (unpaired) electrons. The van der Waals surface area contributed by atoms with Gasteiger partial charge in [0.25, 0.3) is 0 Å². The highest BCUT2D eigenvalue weighted by molar-refractivity contribution is 5.36. The number of rotatable bonds is 4. The molecule has 3 aliphatic heterocycles. The van der Waals surface area contributed by atoms with Crippen molar-refractivity contribution in [3.05, 3.63) is 49.3 Å². The summed E-state index contributed by atoms with van der Waals surface area (Å²) in [5, 5.41) is 4.05. The van der Waals surface area contributed by atoms with Gasteiger partial charge in [-0.15, -0.1) is 0 Å². The minimum Gasteiger partial charge on any atom is -0.344 e. The third-order valence-corrected chi connectivity index (χ3v) is 3.07. The maximum atomic E-state index is 3.35. The summed E-state index contributed by atoms with van der Waals surface area (Å²) in [6.45, 7) is 13.0. The zero-order valence-electron chi connectivity index (χ0n) is 10.9. The van der Waals surface area contributed by atoms with Gasteiger partial charge in [-0.1, -0.05) is 13.8 Å². The molecule has 0 aromatic heterocycles. The van der Waals surface area contributed by atoms with Crippen molar-refractivity contribution in [1.29, 1.82) is 0 Å². The van der Waals surface area contributed by atoms with Gasteiger partial charge in [-0.25, -0.2) is 10.0 Å². The van der Waals surface area contributed by atoms with Gasteiger partial charge >= 0.3 is 0 Å². The number of nitrogens with zero attached hydrogens (tertiary/aromatic N) is 4. The molecular formula is C14H18N4. The predicted molar refractivity (Wildman–Crippen MR) is 69.5 cm³/mol. The van der Waals surface area contributed by atoms with Crippen molar-refractivity contribution in [2.45, 2.75) is 26.7 Å². The molecular weight excluding hydrogens is 224 g/mol. The lowest BCUT2D eigenvalue weighted by Crippen LogP contribution is -2.38. The molecule has 0 spiro atoms. The highest BCUT2D eigenvalue weighted by Crippen LogP contribution is 2.34. The van der Waals surface area contributed by atoms with Crippen LogP contribution in [0.3, 0.4) is 0 Å². The van der Waals surface area contributed by atoms with Gasteiger partial charge in [-0.3, -0.25) is 0 Å². The molecule has 0 aromatic rings. The number of hydrazine groups is 1. The van der Waals surface area contributed by atoms with Crippen molar-refractivity contribution in [1.82, 2.24) is 19.8 Å². The number of hydrogen-bond donors (Lipinski definition) is 0. The van der Waals surface area contributed by atoms with Crippen LogP contribution < -0.4 is 0 Å². The van der Waals surface area contributed by atoms with Gasteiger partial charge < -0.3 is 9.80 Å². The van der Waals surface area contributed by atoms with E-state index in [1.165, 1.54) is 0 Å². The summed E-state index contributed by atoms with van der Waals surface area (Å²) in [6, 6.07) is 0. The highest BCUT2D eigenvalue weighted by Gasteiger charge is 2.35. The van der Waals surface area contributed by atoms with Gasteiger partial charge in [0, 0.05) is 25.5 Å². The van der Waals surface area contributed by atoms with Crippen molar-refractivity contribution in [3.8, 4) is 0 Å². The molecule has 94 valence electrons. The first-order chi connectivity index (χ1) is 8.81. The van der Waals surface area contributed by atoms with E-state index in [2.05, 4.69) is 61.5 Å². The number of fused-ring (bicyclic) bond motifs is 3. The van der Waals surface area contributed by atoms with Crippen LogP contribution in [-0.2, 0) is 0 Å². The van der Waals surface area contributed by atoms with Crippen LogP contribution in [0.25, 0.3) is 0 Å². The van der Waals surface area contributed by atoms with E-state index < -0.39 is 0 Å². The van der Waals surface area contributed by atoms with Crippen molar-refractivity contribution < 1.29 is 0 Å². The van der Waals surface area contributed by atoms with Crippen molar-refractivity contribution in [3.63, 3.8) is 0 Å². The van der Waals surface area contributed by atoms with Crippen molar-refractivity contribution in [2.75, 3.05) is 13.1 Å². The Kier molecular flexibility index (Phi) is 2.94. The Morgan fingerprint density at radius 1 is 0.833 bits per heavy atom. The molecule has 3 aliphatic rings. The zero-order valence-corrected chi connectivity index (χ0v) is 10.9. The molecule has 0 amide bonds. The van der Waals surface area contributed by atoms with E-state index in [0.717, 1.165) is 37.3 Å². The second-order valence-corrected chi connectivity index (χ2v) is 4.65. The van der Waals surface area contributed by atoms with Crippen LogP contribution >= 0.6 is 0 Å². The van der Waals surface area contributed by atoms with Gasteiger partial charge in [0.2, 0.25) is 13.3 Å². The standard InChI is InChI=1S/C14H18N4/c1-3-7-15-9-13-5-6-14-10-16(8-4-2)12-18(14)17(13)11-15/h5-6,9-10H,3-4,7-8H2,1-2H3. The lowest BCUT2D eigenvalue weighted by atomic mass is 10.3. The van der Waals surface area contributed by atoms with Crippen molar-refractivity contribution in [2.24, 2.45) is 0 Å². The van der Waals surface area contributed by atoms with Crippen LogP contribution in [0.1, 0.15) is 26.7 Å². The lowest BCUT2D eigenvalue weighted by Gasteiger charge is -2.34. The van der Waals surface area contributed by atoms with Crippen LogP contribution in [0.5, 0.6) is 0 Å².